The number of carbonyl (C=O) groups is 1. The van der Waals surface area contributed by atoms with Crippen LogP contribution in [0.15, 0.2) is 51.3 Å². The van der Waals surface area contributed by atoms with Gasteiger partial charge in [0.15, 0.2) is 5.17 Å². The average molecular weight is 411 g/mol. The van der Waals surface area contributed by atoms with Crippen LogP contribution in [0.2, 0.25) is 0 Å². The summed E-state index contributed by atoms with van der Waals surface area (Å²) in [6.07, 6.45) is 1.49. The first-order valence-corrected chi connectivity index (χ1v) is 10.7. The first kappa shape index (κ1) is 21.0. The Morgan fingerprint density at radius 1 is 1.34 bits per heavy atom. The second-order valence-corrected chi connectivity index (χ2v) is 8.22. The average Bonchev–Trinajstić information content (AvgIpc) is 3.03. The highest BCUT2D eigenvalue weighted by Gasteiger charge is 2.43. The smallest absolute Gasteiger partial charge is 0.338 e. The third-order valence-electron chi connectivity index (χ3n) is 4.97. The lowest BCUT2D eigenvalue weighted by atomic mass is 9.91. The van der Waals surface area contributed by atoms with Crippen LogP contribution in [0.4, 0.5) is 0 Å². The Labute approximate surface area is 176 Å². The van der Waals surface area contributed by atoms with Gasteiger partial charge in [-0.1, -0.05) is 51.5 Å². The third kappa shape index (κ3) is 3.90. The van der Waals surface area contributed by atoms with Crippen molar-refractivity contribution in [2.75, 3.05) is 6.61 Å². The van der Waals surface area contributed by atoms with Gasteiger partial charge in [0.1, 0.15) is 16.8 Å². The number of aliphatic imine (C=N–C) groups is 1. The number of nitrogens with zero attached hydrogens (tertiary/aromatic N) is 3. The molecule has 2 aliphatic rings. The van der Waals surface area contributed by atoms with Crippen molar-refractivity contribution in [1.82, 2.24) is 4.90 Å². The number of amidine groups is 1. The molecule has 0 saturated carbocycles. The first-order valence-electron chi connectivity index (χ1n) is 9.88. The lowest BCUT2D eigenvalue weighted by Crippen LogP contribution is -2.39. The third-order valence-corrected chi connectivity index (χ3v) is 5.94. The molecule has 2 heterocycles. The molecule has 0 aliphatic carbocycles. The lowest BCUT2D eigenvalue weighted by molar-refractivity contribution is -0.139. The van der Waals surface area contributed by atoms with E-state index in [1.807, 2.05) is 19.1 Å². The van der Waals surface area contributed by atoms with E-state index in [1.165, 1.54) is 17.3 Å². The fourth-order valence-corrected chi connectivity index (χ4v) is 4.41. The van der Waals surface area contributed by atoms with Crippen molar-refractivity contribution >= 4 is 22.9 Å². The second-order valence-electron chi connectivity index (χ2n) is 7.25. The predicted molar refractivity (Wildman–Crippen MR) is 116 cm³/mol. The van der Waals surface area contributed by atoms with E-state index in [0.717, 1.165) is 12.0 Å². The molecule has 0 radical (unpaired) electrons. The maximum Gasteiger partial charge on any atom is 0.338 e. The molecule has 1 atom stereocenters. The van der Waals surface area contributed by atoms with Crippen molar-refractivity contribution in [3.8, 4) is 6.07 Å². The monoisotopic (exact) mass is 410 g/mol. The molecule has 1 aromatic rings. The van der Waals surface area contributed by atoms with Gasteiger partial charge in [0, 0.05) is 0 Å². The van der Waals surface area contributed by atoms with Gasteiger partial charge in [-0.15, -0.1) is 0 Å². The molecule has 1 aromatic carbocycles. The van der Waals surface area contributed by atoms with Crippen LogP contribution in [0.5, 0.6) is 0 Å². The van der Waals surface area contributed by atoms with E-state index in [0.29, 0.717) is 39.5 Å². The molecule has 6 nitrogen and oxygen atoms in total. The molecule has 0 bridgehead atoms. The van der Waals surface area contributed by atoms with Gasteiger partial charge >= 0.3 is 5.97 Å². The minimum atomic E-state index is -0.470. The van der Waals surface area contributed by atoms with Crippen LogP contribution >= 0.6 is 11.8 Å². The van der Waals surface area contributed by atoms with Crippen molar-refractivity contribution in [2.45, 2.75) is 52.5 Å². The first-order chi connectivity index (χ1) is 13.9. The Balaban J connectivity index is 2.19. The summed E-state index contributed by atoms with van der Waals surface area (Å²) in [4.78, 5) is 19.9. The summed E-state index contributed by atoms with van der Waals surface area (Å²) in [7, 11) is 0. The summed E-state index contributed by atoms with van der Waals surface area (Å²) < 4.78 is 5.39. The summed E-state index contributed by atoms with van der Waals surface area (Å²) in [5.41, 5.74) is 9.65. The van der Waals surface area contributed by atoms with Gasteiger partial charge < -0.3 is 10.5 Å². The number of rotatable bonds is 6. The van der Waals surface area contributed by atoms with Gasteiger partial charge in [-0.2, -0.15) is 5.26 Å². The maximum absolute atomic E-state index is 13.0. The van der Waals surface area contributed by atoms with Crippen molar-refractivity contribution < 1.29 is 9.53 Å². The highest BCUT2D eigenvalue weighted by molar-refractivity contribution is 8.17. The van der Waals surface area contributed by atoms with E-state index >= 15 is 0 Å². The van der Waals surface area contributed by atoms with Crippen LogP contribution in [-0.2, 0) is 9.53 Å². The molecule has 29 heavy (non-hydrogen) atoms. The zero-order chi connectivity index (χ0) is 21.1. The Morgan fingerprint density at radius 2 is 2.03 bits per heavy atom. The highest BCUT2D eigenvalue weighted by atomic mass is 32.2. The van der Waals surface area contributed by atoms with Crippen LogP contribution in [-0.4, -0.2) is 22.6 Å². The van der Waals surface area contributed by atoms with Crippen LogP contribution in [0.3, 0.4) is 0 Å². The largest absolute Gasteiger partial charge is 0.463 e. The Hall–Kier alpha value is -2.72. The molecule has 2 N–H and O–H groups in total. The molecule has 0 saturated heterocycles. The van der Waals surface area contributed by atoms with E-state index in [4.69, 9.17) is 15.5 Å². The summed E-state index contributed by atoms with van der Waals surface area (Å²) >= 11 is 1.25. The molecule has 0 aromatic heterocycles. The number of hydrogen-bond donors (Lipinski definition) is 1. The predicted octanol–water partition coefficient (Wildman–Crippen LogP) is 4.54. The van der Waals surface area contributed by atoms with E-state index in [2.05, 4.69) is 32.0 Å². The summed E-state index contributed by atoms with van der Waals surface area (Å²) in [5, 5.41) is 10.1. The summed E-state index contributed by atoms with van der Waals surface area (Å²) in [6.45, 7) is 8.39. The zero-order valence-corrected chi connectivity index (χ0v) is 18.0. The van der Waals surface area contributed by atoms with E-state index in [9.17, 15) is 10.1 Å². The van der Waals surface area contributed by atoms with E-state index in [1.54, 1.807) is 11.8 Å². The van der Waals surface area contributed by atoms with Gasteiger partial charge in [0.2, 0.25) is 0 Å². The van der Waals surface area contributed by atoms with Crippen molar-refractivity contribution in [3.63, 3.8) is 0 Å². The number of hydrogen-bond acceptors (Lipinski definition) is 7. The Bertz CT molecular complexity index is 939. The molecule has 3 rings (SSSR count). The van der Waals surface area contributed by atoms with Gasteiger partial charge in [-0.25, -0.2) is 9.79 Å². The fourth-order valence-electron chi connectivity index (χ4n) is 3.52. The molecule has 2 aliphatic heterocycles. The minimum Gasteiger partial charge on any atom is -0.463 e. The molecule has 152 valence electrons. The maximum atomic E-state index is 13.0. The number of ether oxygens (including phenoxy) is 1. The Kier molecular flexibility index (Phi) is 6.33. The molecule has 0 spiro atoms. The second kappa shape index (κ2) is 8.75. The SMILES string of the molecule is CCCC1=C(C(=O)OCC)[C@@H](c2ccc(C(C)C)cc2)N2C(=N1)SC(C#N)=C2N. The summed E-state index contributed by atoms with van der Waals surface area (Å²) in [5.74, 6) is 0.340. The number of nitrogens with two attached hydrogens (primary N) is 1. The Morgan fingerprint density at radius 3 is 2.59 bits per heavy atom. The van der Waals surface area contributed by atoms with Gasteiger partial charge in [-0.3, -0.25) is 4.90 Å². The van der Waals surface area contributed by atoms with Crippen molar-refractivity contribution in [1.29, 1.82) is 5.26 Å². The number of allylic oxidation sites excluding steroid dienone is 2. The van der Waals surface area contributed by atoms with E-state index < -0.39 is 6.04 Å². The highest BCUT2D eigenvalue weighted by Crippen LogP contribution is 2.46. The van der Waals surface area contributed by atoms with Crippen molar-refractivity contribution in [3.05, 3.63) is 57.4 Å². The fraction of sp³-hybridized carbons (Fsp3) is 0.409. The molecule has 0 fully saturated rings. The number of esters is 1. The lowest BCUT2D eigenvalue weighted by Gasteiger charge is -2.35. The molecule has 0 amide bonds. The van der Waals surface area contributed by atoms with Gasteiger partial charge in [-0.05, 0) is 42.2 Å². The van der Waals surface area contributed by atoms with Crippen LogP contribution in [0, 0.1) is 11.3 Å². The molecule has 0 unspecified atom stereocenters. The molecular weight excluding hydrogens is 384 g/mol. The van der Waals surface area contributed by atoms with Gasteiger partial charge in [0.25, 0.3) is 0 Å². The number of nitriles is 1. The number of thioether (sulfide) groups is 1. The molecule has 7 heteroatoms. The summed E-state index contributed by atoms with van der Waals surface area (Å²) in [6, 6.07) is 9.86. The van der Waals surface area contributed by atoms with E-state index in [-0.39, 0.29) is 12.6 Å². The van der Waals surface area contributed by atoms with Crippen LogP contribution in [0.25, 0.3) is 0 Å². The van der Waals surface area contributed by atoms with Crippen LogP contribution in [0.1, 0.15) is 63.6 Å². The number of carbonyl (C=O) groups excluding carboxylic acids is 1. The number of fused-ring (bicyclic) bond motifs is 1. The normalized spacial score (nSPS) is 18.7. The minimum absolute atomic E-state index is 0.279. The quantitative estimate of drug-likeness (QED) is 0.692. The van der Waals surface area contributed by atoms with Crippen molar-refractivity contribution in [2.24, 2.45) is 10.7 Å². The molecular formula is C22H26N4O2S. The zero-order valence-electron chi connectivity index (χ0n) is 17.2. The topological polar surface area (TPSA) is 91.7 Å². The van der Waals surface area contributed by atoms with Crippen LogP contribution < -0.4 is 5.73 Å². The number of benzene rings is 1. The van der Waals surface area contributed by atoms with Gasteiger partial charge in [0.05, 0.1) is 23.9 Å². The standard InChI is InChI=1S/C22H26N4O2S/c1-5-7-16-18(21(27)28-6-2)19(15-10-8-14(9-11-15)13(3)4)26-20(24)17(12-23)29-22(26)25-16/h8-11,13,19H,5-7,24H2,1-4H3/t19-/m1/s1.